The SMILES string of the molecule is C/C(=N\O)c1oc2ccccc2c(=O)c1O. The number of benzene rings is 1. The van der Waals surface area contributed by atoms with Crippen molar-refractivity contribution in [2.24, 2.45) is 5.16 Å². The van der Waals surface area contributed by atoms with Gasteiger partial charge in [0, 0.05) is 0 Å². The van der Waals surface area contributed by atoms with Crippen molar-refractivity contribution in [3.05, 3.63) is 40.2 Å². The average Bonchev–Trinajstić information content (AvgIpc) is 2.33. The second kappa shape index (κ2) is 3.69. The normalized spacial score (nSPS) is 11.9. The molecule has 0 amide bonds. The Balaban J connectivity index is 2.90. The van der Waals surface area contributed by atoms with Gasteiger partial charge in [-0.05, 0) is 19.1 Å². The molecule has 0 unspecified atom stereocenters. The van der Waals surface area contributed by atoms with Crippen molar-refractivity contribution in [3.8, 4) is 5.75 Å². The summed E-state index contributed by atoms with van der Waals surface area (Å²) >= 11 is 0. The molecule has 2 rings (SSSR count). The van der Waals surface area contributed by atoms with E-state index in [1.807, 2.05) is 0 Å². The highest BCUT2D eigenvalue weighted by molar-refractivity contribution is 5.99. The fourth-order valence-corrected chi connectivity index (χ4v) is 1.42. The first-order chi connectivity index (χ1) is 7.65. The molecular weight excluding hydrogens is 210 g/mol. The third kappa shape index (κ3) is 1.42. The van der Waals surface area contributed by atoms with E-state index in [0.717, 1.165) is 0 Å². The van der Waals surface area contributed by atoms with Crippen molar-refractivity contribution in [1.29, 1.82) is 0 Å². The molecule has 5 nitrogen and oxygen atoms in total. The van der Waals surface area contributed by atoms with Gasteiger partial charge in [0.15, 0.2) is 5.76 Å². The minimum Gasteiger partial charge on any atom is -0.501 e. The summed E-state index contributed by atoms with van der Waals surface area (Å²) in [6, 6.07) is 6.53. The van der Waals surface area contributed by atoms with Gasteiger partial charge in [0.2, 0.25) is 11.2 Å². The van der Waals surface area contributed by atoms with Gasteiger partial charge in [-0.1, -0.05) is 17.3 Å². The lowest BCUT2D eigenvalue weighted by Crippen LogP contribution is -2.07. The quantitative estimate of drug-likeness (QED) is 0.434. The second-order valence-corrected chi connectivity index (χ2v) is 3.29. The van der Waals surface area contributed by atoms with Gasteiger partial charge in [-0.3, -0.25) is 4.79 Å². The van der Waals surface area contributed by atoms with Crippen molar-refractivity contribution >= 4 is 16.7 Å². The molecule has 0 atom stereocenters. The van der Waals surface area contributed by atoms with Crippen molar-refractivity contribution in [2.45, 2.75) is 6.92 Å². The van der Waals surface area contributed by atoms with Gasteiger partial charge in [0.05, 0.1) is 5.39 Å². The van der Waals surface area contributed by atoms with Gasteiger partial charge >= 0.3 is 0 Å². The van der Waals surface area contributed by atoms with Crippen LogP contribution < -0.4 is 5.43 Å². The monoisotopic (exact) mass is 219 g/mol. The number of aromatic hydroxyl groups is 1. The molecular formula is C11H9NO4. The molecule has 0 bridgehead atoms. The van der Waals surface area contributed by atoms with E-state index < -0.39 is 11.2 Å². The standard InChI is InChI=1S/C11H9NO4/c1-6(12-15)11-10(14)9(13)7-4-2-3-5-8(7)16-11/h2-5,14-15H,1H3/b12-6+. The highest BCUT2D eigenvalue weighted by Gasteiger charge is 2.15. The highest BCUT2D eigenvalue weighted by Crippen LogP contribution is 2.20. The Hall–Kier alpha value is -2.30. The Kier molecular flexibility index (Phi) is 2.36. The van der Waals surface area contributed by atoms with Gasteiger partial charge in [-0.25, -0.2) is 0 Å². The molecule has 0 radical (unpaired) electrons. The number of hydrogen-bond donors (Lipinski definition) is 2. The summed E-state index contributed by atoms with van der Waals surface area (Å²) in [7, 11) is 0. The van der Waals surface area contributed by atoms with Crippen molar-refractivity contribution < 1.29 is 14.7 Å². The van der Waals surface area contributed by atoms with Gasteiger partial charge in [0.1, 0.15) is 11.3 Å². The molecule has 0 aliphatic heterocycles. The smallest absolute Gasteiger partial charge is 0.235 e. The zero-order valence-corrected chi connectivity index (χ0v) is 8.47. The number of fused-ring (bicyclic) bond motifs is 1. The minimum atomic E-state index is -0.547. The van der Waals surface area contributed by atoms with Crippen LogP contribution in [0.15, 0.2) is 38.6 Å². The summed E-state index contributed by atoms with van der Waals surface area (Å²) < 4.78 is 5.29. The van der Waals surface area contributed by atoms with E-state index in [9.17, 15) is 9.90 Å². The zero-order chi connectivity index (χ0) is 11.7. The number of nitrogens with zero attached hydrogens (tertiary/aromatic N) is 1. The van der Waals surface area contributed by atoms with Crippen molar-refractivity contribution in [1.82, 2.24) is 0 Å². The molecule has 0 saturated carbocycles. The molecule has 1 heterocycles. The van der Waals surface area contributed by atoms with Crippen LogP contribution in [0.5, 0.6) is 5.75 Å². The summed E-state index contributed by atoms with van der Waals surface area (Å²) in [5.41, 5.74) is -0.163. The predicted molar refractivity (Wildman–Crippen MR) is 58.1 cm³/mol. The first-order valence-electron chi connectivity index (χ1n) is 4.59. The molecule has 2 N–H and O–H groups in total. The lowest BCUT2D eigenvalue weighted by atomic mass is 10.2. The lowest BCUT2D eigenvalue weighted by Gasteiger charge is -2.03. The molecule has 0 aliphatic carbocycles. The van der Waals surface area contributed by atoms with E-state index in [0.29, 0.717) is 5.58 Å². The van der Waals surface area contributed by atoms with Crippen LogP contribution >= 0.6 is 0 Å². The third-order valence-corrected chi connectivity index (χ3v) is 2.25. The fraction of sp³-hybridized carbons (Fsp3) is 0.0909. The largest absolute Gasteiger partial charge is 0.501 e. The molecule has 2 aromatic rings. The molecule has 1 aromatic heterocycles. The van der Waals surface area contributed by atoms with Crippen LogP contribution in [-0.2, 0) is 0 Å². The van der Waals surface area contributed by atoms with Crippen LogP contribution in [0.1, 0.15) is 12.7 Å². The molecule has 0 spiro atoms. The minimum absolute atomic E-state index is 0.0420. The first kappa shape index (κ1) is 10.2. The van der Waals surface area contributed by atoms with E-state index in [2.05, 4.69) is 5.16 Å². The van der Waals surface area contributed by atoms with E-state index >= 15 is 0 Å². The molecule has 82 valence electrons. The van der Waals surface area contributed by atoms with Gasteiger partial charge < -0.3 is 14.7 Å². The van der Waals surface area contributed by atoms with E-state index in [1.165, 1.54) is 6.92 Å². The Morgan fingerprint density at radius 1 is 1.38 bits per heavy atom. The summed E-state index contributed by atoms with van der Waals surface area (Å²) in [5.74, 6) is -0.666. The van der Waals surface area contributed by atoms with Crippen LogP contribution in [0.4, 0.5) is 0 Å². The summed E-state index contributed by atoms with van der Waals surface area (Å²) in [5, 5.41) is 21.4. The number of para-hydroxylation sites is 1. The average molecular weight is 219 g/mol. The van der Waals surface area contributed by atoms with Crippen LogP contribution in [0, 0.1) is 0 Å². The Labute approximate surface area is 90.2 Å². The van der Waals surface area contributed by atoms with E-state index in [-0.39, 0.29) is 16.9 Å². The third-order valence-electron chi connectivity index (χ3n) is 2.25. The maximum Gasteiger partial charge on any atom is 0.235 e. The van der Waals surface area contributed by atoms with Crippen LogP contribution in [0.2, 0.25) is 0 Å². The predicted octanol–water partition coefficient (Wildman–Crippen LogP) is 1.70. The zero-order valence-electron chi connectivity index (χ0n) is 8.47. The van der Waals surface area contributed by atoms with Crippen LogP contribution in [0.3, 0.4) is 0 Å². The Morgan fingerprint density at radius 3 is 2.75 bits per heavy atom. The Morgan fingerprint density at radius 2 is 2.06 bits per heavy atom. The summed E-state index contributed by atoms with van der Waals surface area (Å²) in [4.78, 5) is 11.7. The maximum atomic E-state index is 11.7. The molecule has 0 fully saturated rings. The molecule has 0 aliphatic rings. The lowest BCUT2D eigenvalue weighted by molar-refractivity contribution is 0.317. The first-order valence-corrected chi connectivity index (χ1v) is 4.59. The molecule has 16 heavy (non-hydrogen) atoms. The van der Waals surface area contributed by atoms with E-state index in [1.54, 1.807) is 24.3 Å². The number of oxime groups is 1. The van der Waals surface area contributed by atoms with E-state index in [4.69, 9.17) is 9.62 Å². The fourth-order valence-electron chi connectivity index (χ4n) is 1.42. The van der Waals surface area contributed by atoms with Gasteiger partial charge in [-0.15, -0.1) is 0 Å². The van der Waals surface area contributed by atoms with Crippen molar-refractivity contribution in [3.63, 3.8) is 0 Å². The van der Waals surface area contributed by atoms with Crippen LogP contribution in [-0.4, -0.2) is 16.0 Å². The summed E-state index contributed by atoms with van der Waals surface area (Å²) in [6.45, 7) is 1.42. The maximum absolute atomic E-state index is 11.7. The summed E-state index contributed by atoms with van der Waals surface area (Å²) in [6.07, 6.45) is 0. The van der Waals surface area contributed by atoms with Crippen molar-refractivity contribution in [2.75, 3.05) is 0 Å². The highest BCUT2D eigenvalue weighted by atomic mass is 16.4. The second-order valence-electron chi connectivity index (χ2n) is 3.29. The topological polar surface area (TPSA) is 83.0 Å². The molecule has 0 saturated heterocycles. The Bertz CT molecular complexity index is 627. The number of hydrogen-bond acceptors (Lipinski definition) is 5. The molecule has 5 heteroatoms. The molecule has 1 aromatic carbocycles. The van der Waals surface area contributed by atoms with Gasteiger partial charge in [-0.2, -0.15) is 0 Å². The van der Waals surface area contributed by atoms with Crippen LogP contribution in [0.25, 0.3) is 11.0 Å². The number of rotatable bonds is 1. The van der Waals surface area contributed by atoms with Gasteiger partial charge in [0.25, 0.3) is 0 Å².